The fraction of sp³-hybridized carbons (Fsp3) is 0.433. The number of benzene rings is 2. The third-order valence-electron chi connectivity index (χ3n) is 7.52. The Morgan fingerprint density at radius 2 is 1.73 bits per heavy atom. The van der Waals surface area contributed by atoms with E-state index >= 15 is 0 Å². The topological polar surface area (TPSA) is 90.4 Å². The Bertz CT molecular complexity index is 1270. The van der Waals surface area contributed by atoms with E-state index in [0.717, 1.165) is 50.0 Å². The fourth-order valence-corrected chi connectivity index (χ4v) is 7.16. The second kappa shape index (κ2) is 16.2. The first kappa shape index (κ1) is 33.0. The molecule has 1 unspecified atom stereocenters. The second-order valence-electron chi connectivity index (χ2n) is 10.2. The van der Waals surface area contributed by atoms with Crippen molar-refractivity contribution < 1.29 is 23.1 Å². The molecule has 1 aliphatic heterocycles. The number of carbonyl (C=O) groups is 1. The Balaban J connectivity index is 0.00000462. The zero-order chi connectivity index (χ0) is 28.4. The van der Waals surface area contributed by atoms with Gasteiger partial charge in [-0.1, -0.05) is 48.5 Å². The number of rotatable bonds is 13. The smallest absolute Gasteiger partial charge is 0.410 e. The summed E-state index contributed by atoms with van der Waals surface area (Å²) in [6.07, 6.45) is 2.03. The van der Waals surface area contributed by atoms with Gasteiger partial charge < -0.3 is 19.6 Å². The van der Waals surface area contributed by atoms with Gasteiger partial charge in [0.1, 0.15) is 6.61 Å². The van der Waals surface area contributed by atoms with E-state index in [1.807, 2.05) is 41.8 Å². The summed E-state index contributed by atoms with van der Waals surface area (Å²) in [6, 6.07) is 20.2. The number of sulfonamides is 1. The monoisotopic (exact) mass is 621 g/mol. The van der Waals surface area contributed by atoms with Crippen LogP contribution in [0.5, 0.6) is 0 Å². The summed E-state index contributed by atoms with van der Waals surface area (Å²) in [4.78, 5) is 17.2. The van der Waals surface area contributed by atoms with E-state index in [1.54, 1.807) is 47.5 Å². The van der Waals surface area contributed by atoms with Gasteiger partial charge in [-0.25, -0.2) is 17.5 Å². The minimum atomic E-state index is -3.57. The van der Waals surface area contributed by atoms with Gasteiger partial charge in [-0.3, -0.25) is 0 Å². The highest BCUT2D eigenvalue weighted by molar-refractivity contribution is 7.89. The van der Waals surface area contributed by atoms with Crippen molar-refractivity contribution in [3.63, 3.8) is 0 Å². The number of aliphatic hydroxyl groups excluding tert-OH is 1. The first-order chi connectivity index (χ1) is 19.4. The highest BCUT2D eigenvalue weighted by Crippen LogP contribution is 2.27. The number of likely N-dealkylation sites (N-methyl/N-ethyl adjacent to an activating group) is 1. The maximum atomic E-state index is 13.1. The Hall–Kier alpha value is -2.47. The van der Waals surface area contributed by atoms with Crippen LogP contribution < -0.4 is 0 Å². The summed E-state index contributed by atoms with van der Waals surface area (Å²) in [5, 5.41) is 13.7. The third kappa shape index (κ3) is 9.26. The molecule has 224 valence electrons. The molecule has 1 saturated heterocycles. The van der Waals surface area contributed by atoms with Crippen molar-refractivity contribution in [2.75, 3.05) is 46.4 Å². The van der Waals surface area contributed by atoms with Crippen molar-refractivity contribution in [1.82, 2.24) is 14.1 Å². The number of likely N-dealkylation sites (tertiary alicyclic amines) is 1. The normalized spacial score (nSPS) is 15.3. The van der Waals surface area contributed by atoms with Crippen molar-refractivity contribution in [3.8, 4) is 0 Å². The van der Waals surface area contributed by atoms with Crippen LogP contribution in [0.25, 0.3) is 0 Å². The standard InChI is InChI=1S/C30H39N3O5S2.ClH/c1-31(40(36,37)29-10-6-3-7-11-29)22-26(27-15-21-39-24-27)12-16-32-17-13-28(14-18-32)33(19-20-34)30(35)38-23-25-8-4-2-5-9-25;/h2-11,15,21,24,26,28,34H,12-14,16-20,22-23H2,1H3;1H. The van der Waals surface area contributed by atoms with E-state index < -0.39 is 16.1 Å². The lowest BCUT2D eigenvalue weighted by atomic mass is 9.97. The average Bonchev–Trinajstić information content (AvgIpc) is 3.53. The summed E-state index contributed by atoms with van der Waals surface area (Å²) < 4.78 is 33.3. The lowest BCUT2D eigenvalue weighted by molar-refractivity contribution is 0.0521. The molecule has 0 bridgehead atoms. The molecule has 1 atom stereocenters. The van der Waals surface area contributed by atoms with Gasteiger partial charge in [0.05, 0.1) is 11.5 Å². The maximum Gasteiger partial charge on any atom is 0.410 e. The lowest BCUT2D eigenvalue weighted by Crippen LogP contribution is -2.48. The van der Waals surface area contributed by atoms with Crippen LogP contribution in [-0.2, 0) is 21.4 Å². The van der Waals surface area contributed by atoms with Crippen LogP contribution in [0.4, 0.5) is 4.79 Å². The van der Waals surface area contributed by atoms with E-state index in [-0.39, 0.29) is 44.1 Å². The van der Waals surface area contributed by atoms with Gasteiger partial charge in [0.25, 0.3) is 0 Å². The van der Waals surface area contributed by atoms with Gasteiger partial charge in [0.2, 0.25) is 10.0 Å². The number of nitrogens with zero attached hydrogens (tertiary/aromatic N) is 3. The molecule has 0 radical (unpaired) electrons. The Morgan fingerprint density at radius 3 is 2.34 bits per heavy atom. The fourth-order valence-electron chi connectivity index (χ4n) is 5.18. The van der Waals surface area contributed by atoms with Crippen LogP contribution in [0, 0.1) is 0 Å². The van der Waals surface area contributed by atoms with Crippen LogP contribution in [0.1, 0.15) is 36.3 Å². The Kier molecular flexibility index (Phi) is 13.1. The molecular weight excluding hydrogens is 582 g/mol. The third-order valence-corrected chi connectivity index (χ3v) is 10.1. The number of hydrogen-bond donors (Lipinski definition) is 1. The average molecular weight is 622 g/mol. The molecule has 2 aromatic carbocycles. The molecule has 41 heavy (non-hydrogen) atoms. The molecule has 0 saturated carbocycles. The van der Waals surface area contributed by atoms with Crippen molar-refractivity contribution in [3.05, 3.63) is 88.6 Å². The van der Waals surface area contributed by atoms with Crippen molar-refractivity contribution in [2.24, 2.45) is 0 Å². The van der Waals surface area contributed by atoms with E-state index in [4.69, 9.17) is 4.74 Å². The van der Waals surface area contributed by atoms with E-state index in [1.165, 1.54) is 4.31 Å². The minimum Gasteiger partial charge on any atom is -0.445 e. The first-order valence-corrected chi connectivity index (χ1v) is 16.1. The molecule has 1 aliphatic rings. The Morgan fingerprint density at radius 1 is 1.07 bits per heavy atom. The van der Waals surface area contributed by atoms with Gasteiger partial charge in [0, 0.05) is 39.3 Å². The molecular formula is C30H40ClN3O5S2. The molecule has 1 N–H and O–H groups in total. The highest BCUT2D eigenvalue weighted by atomic mass is 35.5. The van der Waals surface area contributed by atoms with Gasteiger partial charge >= 0.3 is 6.09 Å². The molecule has 3 aromatic rings. The lowest BCUT2D eigenvalue weighted by Gasteiger charge is -2.38. The predicted octanol–water partition coefficient (Wildman–Crippen LogP) is 5.06. The SMILES string of the molecule is CN(CC(CCN1CCC(N(CCO)C(=O)OCc2ccccc2)CC1)c1ccsc1)S(=O)(=O)c1ccccc1.Cl. The molecule has 0 spiro atoms. The van der Waals surface area contributed by atoms with Crippen molar-refractivity contribution >= 4 is 39.9 Å². The molecule has 1 amide bonds. The second-order valence-corrected chi connectivity index (χ2v) is 13.0. The molecule has 0 aliphatic carbocycles. The van der Waals surface area contributed by atoms with Gasteiger partial charge in [-0.15, -0.1) is 12.4 Å². The van der Waals surface area contributed by atoms with Crippen LogP contribution >= 0.6 is 23.7 Å². The summed E-state index contributed by atoms with van der Waals surface area (Å²) in [6.45, 7) is 3.25. The number of piperidine rings is 1. The summed E-state index contributed by atoms with van der Waals surface area (Å²) in [5.74, 6) is 0.0753. The molecule has 4 rings (SSSR count). The molecule has 2 heterocycles. The van der Waals surface area contributed by atoms with Gasteiger partial charge in [0.15, 0.2) is 0 Å². The number of halogens is 1. The maximum absolute atomic E-state index is 13.1. The quantitative estimate of drug-likeness (QED) is 0.287. The number of aliphatic hydroxyl groups is 1. The minimum absolute atomic E-state index is 0. The first-order valence-electron chi connectivity index (χ1n) is 13.7. The van der Waals surface area contributed by atoms with Crippen molar-refractivity contribution in [2.45, 2.75) is 42.7 Å². The number of ether oxygens (including phenoxy) is 1. The predicted molar refractivity (Wildman–Crippen MR) is 165 cm³/mol. The van der Waals surface area contributed by atoms with Crippen LogP contribution in [0.3, 0.4) is 0 Å². The number of carbonyl (C=O) groups excluding carboxylic acids is 1. The zero-order valence-electron chi connectivity index (χ0n) is 23.4. The number of hydrogen-bond acceptors (Lipinski definition) is 7. The van der Waals surface area contributed by atoms with Crippen LogP contribution in [0.15, 0.2) is 82.4 Å². The highest BCUT2D eigenvalue weighted by Gasteiger charge is 2.30. The van der Waals surface area contributed by atoms with Gasteiger partial charge in [-0.2, -0.15) is 11.3 Å². The molecule has 11 heteroatoms. The van der Waals surface area contributed by atoms with Gasteiger partial charge in [-0.05, 0) is 71.8 Å². The summed E-state index contributed by atoms with van der Waals surface area (Å²) in [7, 11) is -1.92. The van der Waals surface area contributed by atoms with Crippen LogP contribution in [-0.4, -0.2) is 86.1 Å². The van der Waals surface area contributed by atoms with Crippen LogP contribution in [0.2, 0.25) is 0 Å². The van der Waals surface area contributed by atoms with E-state index in [9.17, 15) is 18.3 Å². The summed E-state index contributed by atoms with van der Waals surface area (Å²) >= 11 is 1.62. The summed E-state index contributed by atoms with van der Waals surface area (Å²) in [5.41, 5.74) is 2.09. The molecule has 8 nitrogen and oxygen atoms in total. The molecule has 1 aromatic heterocycles. The number of amides is 1. The van der Waals surface area contributed by atoms with E-state index in [0.29, 0.717) is 11.4 Å². The number of thiophene rings is 1. The van der Waals surface area contributed by atoms with E-state index in [2.05, 4.69) is 16.3 Å². The molecule has 1 fully saturated rings. The Labute approximate surface area is 254 Å². The van der Waals surface area contributed by atoms with Crippen molar-refractivity contribution in [1.29, 1.82) is 0 Å². The largest absolute Gasteiger partial charge is 0.445 e. The zero-order valence-corrected chi connectivity index (χ0v) is 25.8.